The Morgan fingerprint density at radius 1 is 0.784 bits per heavy atom. The first-order chi connectivity index (χ1) is 18.0. The van der Waals surface area contributed by atoms with Crippen LogP contribution in [0.4, 0.5) is 0 Å². The lowest BCUT2D eigenvalue weighted by Crippen LogP contribution is -2.14. The Morgan fingerprint density at radius 3 is 2.22 bits per heavy atom. The Kier molecular flexibility index (Phi) is 12.7. The third-order valence-electron chi connectivity index (χ3n) is 8.55. The maximum absolute atomic E-state index is 12.2. The maximum atomic E-state index is 12.2. The quantitative estimate of drug-likeness (QED) is 0.137. The van der Waals surface area contributed by atoms with Gasteiger partial charge in [-0.15, -0.1) is 0 Å². The smallest absolute Gasteiger partial charge is 0.311 e. The molecule has 204 valence electrons. The number of carbonyl (C=O) groups excluding carboxylic acids is 1. The van der Waals surface area contributed by atoms with Gasteiger partial charge in [0, 0.05) is 6.42 Å². The molecule has 1 aliphatic carbocycles. The van der Waals surface area contributed by atoms with Crippen LogP contribution in [-0.4, -0.2) is 5.97 Å². The van der Waals surface area contributed by atoms with E-state index in [0.717, 1.165) is 37.5 Å². The van der Waals surface area contributed by atoms with Gasteiger partial charge in [-0.25, -0.2) is 0 Å². The molecule has 1 aliphatic rings. The van der Waals surface area contributed by atoms with Gasteiger partial charge in [-0.1, -0.05) is 89.5 Å². The standard InChI is InChI=1S/C35H52O2/c1-5-7-9-10-12-14-35(36)37-33-23-22-31(27(3)26-33)19-17-30-18-24-34(28(4)25-30)32-20-15-29(16-21-32)13-11-8-6-2/h18,22-26,29,32H,5-17,19-21H2,1-4H3/t29-,32-. The minimum absolute atomic E-state index is 0.107. The molecule has 0 N–H and O–H groups in total. The summed E-state index contributed by atoms with van der Waals surface area (Å²) in [6, 6.07) is 13.3. The average Bonchev–Trinajstić information content (AvgIpc) is 2.89. The van der Waals surface area contributed by atoms with E-state index in [2.05, 4.69) is 52.0 Å². The van der Waals surface area contributed by atoms with Crippen LogP contribution in [0.1, 0.15) is 137 Å². The molecule has 0 aromatic heterocycles. The molecule has 0 bridgehead atoms. The van der Waals surface area contributed by atoms with Crippen LogP contribution < -0.4 is 4.74 Å². The summed E-state index contributed by atoms with van der Waals surface area (Å²) in [5.41, 5.74) is 7.02. The van der Waals surface area contributed by atoms with E-state index in [1.807, 2.05) is 12.1 Å². The lowest BCUT2D eigenvalue weighted by molar-refractivity contribution is -0.134. The minimum atomic E-state index is -0.107. The van der Waals surface area contributed by atoms with E-state index in [1.54, 1.807) is 5.56 Å². The van der Waals surface area contributed by atoms with Crippen LogP contribution >= 0.6 is 0 Å². The van der Waals surface area contributed by atoms with Crippen molar-refractivity contribution in [2.24, 2.45) is 5.92 Å². The molecule has 0 atom stereocenters. The van der Waals surface area contributed by atoms with Gasteiger partial charge in [0.2, 0.25) is 0 Å². The normalized spacial score (nSPS) is 17.6. The van der Waals surface area contributed by atoms with Crippen LogP contribution in [0.15, 0.2) is 36.4 Å². The number of ether oxygens (including phenoxy) is 1. The average molecular weight is 505 g/mol. The monoisotopic (exact) mass is 504 g/mol. The fourth-order valence-corrected chi connectivity index (χ4v) is 6.14. The molecule has 1 fully saturated rings. The molecule has 37 heavy (non-hydrogen) atoms. The van der Waals surface area contributed by atoms with Gasteiger partial charge >= 0.3 is 5.97 Å². The van der Waals surface area contributed by atoms with E-state index in [-0.39, 0.29) is 5.97 Å². The van der Waals surface area contributed by atoms with Crippen molar-refractivity contribution in [2.45, 2.75) is 136 Å². The number of benzene rings is 2. The van der Waals surface area contributed by atoms with Crippen LogP contribution in [0.2, 0.25) is 0 Å². The van der Waals surface area contributed by atoms with Crippen molar-refractivity contribution in [3.63, 3.8) is 0 Å². The molecule has 1 saturated carbocycles. The second kappa shape index (κ2) is 16.0. The van der Waals surface area contributed by atoms with Gasteiger partial charge in [0.1, 0.15) is 5.75 Å². The SMILES string of the molecule is CCCCCCCC(=O)Oc1ccc(CCc2ccc([C@H]3CC[C@H](CCCCC)CC3)c(C)c2)c(C)c1. The fourth-order valence-electron chi connectivity index (χ4n) is 6.14. The predicted molar refractivity (Wildman–Crippen MR) is 158 cm³/mol. The zero-order valence-corrected chi connectivity index (χ0v) is 24.2. The summed E-state index contributed by atoms with van der Waals surface area (Å²) in [6.45, 7) is 8.95. The van der Waals surface area contributed by atoms with E-state index in [1.165, 1.54) is 92.9 Å². The second-order valence-electron chi connectivity index (χ2n) is 11.6. The number of hydrogen-bond donors (Lipinski definition) is 0. The van der Waals surface area contributed by atoms with Crippen molar-refractivity contribution in [3.8, 4) is 5.75 Å². The summed E-state index contributed by atoms with van der Waals surface area (Å²) >= 11 is 0. The number of aryl methyl sites for hydroxylation is 4. The fraction of sp³-hybridized carbons (Fsp3) is 0.629. The Labute approximate surface area is 227 Å². The van der Waals surface area contributed by atoms with Crippen LogP contribution in [0, 0.1) is 19.8 Å². The third-order valence-corrected chi connectivity index (χ3v) is 8.55. The summed E-state index contributed by atoms with van der Waals surface area (Å²) in [5, 5.41) is 0. The highest BCUT2D eigenvalue weighted by Gasteiger charge is 2.23. The van der Waals surface area contributed by atoms with Crippen LogP contribution in [0.5, 0.6) is 5.75 Å². The number of carbonyl (C=O) groups is 1. The first kappa shape index (κ1) is 29.5. The van der Waals surface area contributed by atoms with Gasteiger partial charge in [-0.2, -0.15) is 0 Å². The molecule has 2 aromatic rings. The summed E-state index contributed by atoms with van der Waals surface area (Å²) < 4.78 is 5.60. The molecule has 0 aliphatic heterocycles. The zero-order valence-electron chi connectivity index (χ0n) is 24.2. The third kappa shape index (κ3) is 9.95. The number of unbranched alkanes of at least 4 members (excludes halogenated alkanes) is 6. The van der Waals surface area contributed by atoms with Gasteiger partial charge in [0.15, 0.2) is 0 Å². The molecule has 2 aromatic carbocycles. The lowest BCUT2D eigenvalue weighted by Gasteiger charge is -2.30. The van der Waals surface area contributed by atoms with Crippen LogP contribution in [0.25, 0.3) is 0 Å². The predicted octanol–water partition coefficient (Wildman–Crippen LogP) is 10.2. The summed E-state index contributed by atoms with van der Waals surface area (Å²) in [7, 11) is 0. The molecule has 2 nitrogen and oxygen atoms in total. The van der Waals surface area contributed by atoms with Gasteiger partial charge in [-0.05, 0) is 111 Å². The Morgan fingerprint density at radius 2 is 1.51 bits per heavy atom. The van der Waals surface area contributed by atoms with Gasteiger partial charge in [-0.3, -0.25) is 4.79 Å². The zero-order chi connectivity index (χ0) is 26.5. The summed E-state index contributed by atoms with van der Waals surface area (Å²) in [6.07, 6.45) is 19.5. The van der Waals surface area contributed by atoms with Crippen molar-refractivity contribution in [1.82, 2.24) is 0 Å². The number of rotatable bonds is 15. The molecule has 2 heteroatoms. The highest BCUT2D eigenvalue weighted by Crippen LogP contribution is 2.39. The van der Waals surface area contributed by atoms with Gasteiger partial charge < -0.3 is 4.74 Å². The second-order valence-corrected chi connectivity index (χ2v) is 11.6. The number of esters is 1. The first-order valence-corrected chi connectivity index (χ1v) is 15.4. The van der Waals surface area contributed by atoms with E-state index in [0.29, 0.717) is 12.2 Å². The van der Waals surface area contributed by atoms with Crippen molar-refractivity contribution < 1.29 is 9.53 Å². The Hall–Kier alpha value is -2.09. The van der Waals surface area contributed by atoms with Crippen molar-refractivity contribution >= 4 is 5.97 Å². The van der Waals surface area contributed by atoms with Gasteiger partial charge in [0.05, 0.1) is 0 Å². The molecule has 0 amide bonds. The highest BCUT2D eigenvalue weighted by atomic mass is 16.5. The molecular formula is C35H52O2. The number of hydrogen-bond acceptors (Lipinski definition) is 2. The van der Waals surface area contributed by atoms with E-state index in [9.17, 15) is 4.79 Å². The van der Waals surface area contributed by atoms with Crippen molar-refractivity contribution in [2.75, 3.05) is 0 Å². The topological polar surface area (TPSA) is 26.3 Å². The van der Waals surface area contributed by atoms with Crippen LogP contribution in [-0.2, 0) is 17.6 Å². The molecule has 3 rings (SSSR count). The summed E-state index contributed by atoms with van der Waals surface area (Å²) in [4.78, 5) is 12.2. The highest BCUT2D eigenvalue weighted by molar-refractivity contribution is 5.72. The van der Waals surface area contributed by atoms with Crippen molar-refractivity contribution in [1.29, 1.82) is 0 Å². The molecular weight excluding hydrogens is 452 g/mol. The Bertz CT molecular complexity index is 952. The summed E-state index contributed by atoms with van der Waals surface area (Å²) in [5.74, 6) is 2.30. The maximum Gasteiger partial charge on any atom is 0.311 e. The molecule has 0 radical (unpaired) electrons. The van der Waals surface area contributed by atoms with E-state index >= 15 is 0 Å². The van der Waals surface area contributed by atoms with Crippen LogP contribution in [0.3, 0.4) is 0 Å². The largest absolute Gasteiger partial charge is 0.427 e. The lowest BCUT2D eigenvalue weighted by atomic mass is 9.76. The molecule has 0 spiro atoms. The molecule has 0 unspecified atom stereocenters. The van der Waals surface area contributed by atoms with Crippen molar-refractivity contribution in [3.05, 3.63) is 64.2 Å². The first-order valence-electron chi connectivity index (χ1n) is 15.4. The molecule has 0 saturated heterocycles. The minimum Gasteiger partial charge on any atom is -0.427 e. The van der Waals surface area contributed by atoms with E-state index in [4.69, 9.17) is 4.74 Å². The van der Waals surface area contributed by atoms with Gasteiger partial charge in [0.25, 0.3) is 0 Å². The molecule has 0 heterocycles. The Balaban J connectivity index is 1.45. The van der Waals surface area contributed by atoms with E-state index < -0.39 is 0 Å².